The van der Waals surface area contributed by atoms with Gasteiger partial charge in [0.25, 0.3) is 0 Å². The average molecular weight is 459 g/mol. The highest BCUT2D eigenvalue weighted by molar-refractivity contribution is 9.09. The molecule has 1 aliphatic rings. The highest BCUT2D eigenvalue weighted by Gasteiger charge is 2.19. The minimum atomic E-state index is -0.599. The first kappa shape index (κ1) is 21.6. The Bertz CT molecular complexity index is 819. The van der Waals surface area contributed by atoms with E-state index in [4.69, 9.17) is 10.00 Å². The summed E-state index contributed by atoms with van der Waals surface area (Å²) in [5, 5.41) is 10.1. The van der Waals surface area contributed by atoms with E-state index in [1.54, 1.807) is 6.07 Å². The van der Waals surface area contributed by atoms with Crippen molar-refractivity contribution in [3.8, 4) is 11.8 Å². The molecule has 154 valence electrons. The van der Waals surface area contributed by atoms with Gasteiger partial charge in [-0.05, 0) is 73.9 Å². The maximum Gasteiger partial charge on any atom is 0.119 e. The molecule has 0 N–H and O–H groups in total. The monoisotopic (exact) mass is 458 g/mol. The van der Waals surface area contributed by atoms with E-state index < -0.39 is 6.67 Å². The Morgan fingerprint density at radius 1 is 1.10 bits per heavy atom. The largest absolute Gasteiger partial charge is 0.494 e. The quantitative estimate of drug-likeness (QED) is 0.341. The second kappa shape index (κ2) is 11.2. The van der Waals surface area contributed by atoms with Gasteiger partial charge in [-0.3, -0.25) is 0 Å². The van der Waals surface area contributed by atoms with E-state index in [2.05, 4.69) is 51.2 Å². The highest BCUT2D eigenvalue weighted by atomic mass is 79.9. The molecule has 0 aliphatic carbocycles. The van der Waals surface area contributed by atoms with Crippen LogP contribution in [0.3, 0.4) is 0 Å². The number of halogens is 2. The van der Waals surface area contributed by atoms with Crippen molar-refractivity contribution in [3.05, 3.63) is 59.2 Å². The summed E-state index contributed by atoms with van der Waals surface area (Å²) in [7, 11) is 0. The number of nitrogens with zero attached hydrogens (tertiary/aromatic N) is 2. The molecule has 1 aliphatic heterocycles. The molecule has 1 saturated heterocycles. The number of anilines is 1. The van der Waals surface area contributed by atoms with Gasteiger partial charge in [-0.25, -0.2) is 4.39 Å². The molecule has 3 rings (SSSR count). The molecule has 3 nitrogen and oxygen atoms in total. The van der Waals surface area contributed by atoms with Gasteiger partial charge in [-0.2, -0.15) is 5.26 Å². The molecule has 1 heterocycles. The second-order valence-corrected chi connectivity index (χ2v) is 8.31. The van der Waals surface area contributed by atoms with Gasteiger partial charge in [0.05, 0.1) is 18.2 Å². The van der Waals surface area contributed by atoms with Gasteiger partial charge >= 0.3 is 0 Å². The van der Waals surface area contributed by atoms with Crippen LogP contribution in [-0.4, -0.2) is 25.0 Å². The van der Waals surface area contributed by atoms with Crippen molar-refractivity contribution >= 4 is 21.6 Å². The van der Waals surface area contributed by atoms with Gasteiger partial charge in [0, 0.05) is 29.7 Å². The Morgan fingerprint density at radius 2 is 1.93 bits per heavy atom. The zero-order valence-corrected chi connectivity index (χ0v) is 18.3. The van der Waals surface area contributed by atoms with Crippen molar-refractivity contribution in [2.75, 3.05) is 29.9 Å². The normalized spacial score (nSPS) is 16.9. The number of benzene rings is 2. The predicted octanol–water partition coefficient (Wildman–Crippen LogP) is 6.36. The molecule has 1 unspecified atom stereocenters. The van der Waals surface area contributed by atoms with E-state index in [1.807, 2.05) is 12.1 Å². The SMILES string of the molecule is N#Cc1ccc(N2CCCC(c3ccc(OCCCCBr)cc3)CC2)cc1CF. The smallest absolute Gasteiger partial charge is 0.119 e. The lowest BCUT2D eigenvalue weighted by atomic mass is 9.92. The summed E-state index contributed by atoms with van der Waals surface area (Å²) in [6.07, 6.45) is 5.50. The Kier molecular flexibility index (Phi) is 8.37. The Hall–Kier alpha value is -2.06. The molecular formula is C24H28BrFN2O. The van der Waals surface area contributed by atoms with Gasteiger partial charge in [-0.1, -0.05) is 28.1 Å². The molecule has 0 saturated carbocycles. The minimum absolute atomic E-state index is 0.429. The van der Waals surface area contributed by atoms with Crippen LogP contribution < -0.4 is 9.64 Å². The van der Waals surface area contributed by atoms with E-state index in [9.17, 15) is 4.39 Å². The molecule has 0 spiro atoms. The van der Waals surface area contributed by atoms with Crippen LogP contribution in [0.1, 0.15) is 54.7 Å². The summed E-state index contributed by atoms with van der Waals surface area (Å²) in [6.45, 7) is 2.06. The predicted molar refractivity (Wildman–Crippen MR) is 120 cm³/mol. The molecule has 0 amide bonds. The standard InChI is InChI=1S/C24H28BrFN2O/c25-12-1-2-15-29-24-9-6-20(7-10-24)19-4-3-13-28(14-11-19)23-8-5-21(18-27)22(16-23)17-26/h5-10,16,19H,1-4,11-15,17H2. The van der Waals surface area contributed by atoms with E-state index >= 15 is 0 Å². The van der Waals surface area contributed by atoms with Crippen molar-refractivity contribution in [2.45, 2.75) is 44.7 Å². The summed E-state index contributed by atoms with van der Waals surface area (Å²) in [6, 6.07) is 16.1. The van der Waals surface area contributed by atoms with E-state index in [0.717, 1.165) is 68.6 Å². The average Bonchev–Trinajstić information content (AvgIpc) is 3.03. The first-order chi connectivity index (χ1) is 14.2. The van der Waals surface area contributed by atoms with Crippen LogP contribution >= 0.6 is 15.9 Å². The van der Waals surface area contributed by atoms with Crippen LogP contribution in [0.25, 0.3) is 0 Å². The van der Waals surface area contributed by atoms with Gasteiger partial charge in [-0.15, -0.1) is 0 Å². The van der Waals surface area contributed by atoms with Gasteiger partial charge < -0.3 is 9.64 Å². The first-order valence-electron chi connectivity index (χ1n) is 10.4. The number of alkyl halides is 2. The van der Waals surface area contributed by atoms with Gasteiger partial charge in [0.15, 0.2) is 0 Å². The summed E-state index contributed by atoms with van der Waals surface area (Å²) >= 11 is 3.44. The lowest BCUT2D eigenvalue weighted by Crippen LogP contribution is -2.24. The number of nitriles is 1. The number of hydrogen-bond donors (Lipinski definition) is 0. The van der Waals surface area contributed by atoms with Crippen molar-refractivity contribution in [3.63, 3.8) is 0 Å². The van der Waals surface area contributed by atoms with Crippen molar-refractivity contribution < 1.29 is 9.13 Å². The molecule has 1 atom stereocenters. The molecule has 0 bridgehead atoms. The third-order valence-corrected chi connectivity index (χ3v) is 6.16. The van der Waals surface area contributed by atoms with E-state index in [1.165, 1.54) is 5.56 Å². The number of unbranched alkanes of at least 4 members (excludes halogenated alkanes) is 1. The minimum Gasteiger partial charge on any atom is -0.494 e. The van der Waals surface area contributed by atoms with E-state index in [0.29, 0.717) is 17.0 Å². The lowest BCUT2D eigenvalue weighted by Gasteiger charge is -2.23. The van der Waals surface area contributed by atoms with Crippen LogP contribution in [0.5, 0.6) is 5.75 Å². The zero-order valence-electron chi connectivity index (χ0n) is 16.7. The van der Waals surface area contributed by atoms with Crippen LogP contribution in [0.15, 0.2) is 42.5 Å². The molecule has 5 heteroatoms. The zero-order chi connectivity index (χ0) is 20.5. The fraction of sp³-hybridized carbons (Fsp3) is 0.458. The summed E-state index contributed by atoms with van der Waals surface area (Å²) in [5.41, 5.74) is 3.30. The molecule has 2 aromatic carbocycles. The number of rotatable bonds is 8. The van der Waals surface area contributed by atoms with Crippen molar-refractivity contribution in [2.24, 2.45) is 0 Å². The maximum absolute atomic E-state index is 13.3. The van der Waals surface area contributed by atoms with Crippen molar-refractivity contribution in [1.29, 1.82) is 5.26 Å². The summed E-state index contributed by atoms with van der Waals surface area (Å²) in [5.74, 6) is 1.47. The third kappa shape index (κ3) is 5.96. The molecule has 2 aromatic rings. The number of ether oxygens (including phenoxy) is 1. The molecule has 1 fully saturated rings. The van der Waals surface area contributed by atoms with Crippen LogP contribution in [0, 0.1) is 11.3 Å². The second-order valence-electron chi connectivity index (χ2n) is 7.52. The van der Waals surface area contributed by atoms with Crippen molar-refractivity contribution in [1.82, 2.24) is 0 Å². The van der Waals surface area contributed by atoms with Crippen LogP contribution in [-0.2, 0) is 6.67 Å². The third-order valence-electron chi connectivity index (χ3n) is 5.59. The van der Waals surface area contributed by atoms with Crippen LogP contribution in [0.2, 0.25) is 0 Å². The van der Waals surface area contributed by atoms with Gasteiger partial charge in [0.1, 0.15) is 12.4 Å². The Labute approximate surface area is 181 Å². The molecular weight excluding hydrogens is 431 g/mol. The Morgan fingerprint density at radius 3 is 2.66 bits per heavy atom. The number of hydrogen-bond acceptors (Lipinski definition) is 3. The lowest BCUT2D eigenvalue weighted by molar-refractivity contribution is 0.310. The summed E-state index contributed by atoms with van der Waals surface area (Å²) < 4.78 is 19.1. The van der Waals surface area contributed by atoms with Crippen LogP contribution in [0.4, 0.5) is 10.1 Å². The summed E-state index contributed by atoms with van der Waals surface area (Å²) in [4.78, 5) is 2.32. The Balaban J connectivity index is 1.59. The van der Waals surface area contributed by atoms with E-state index in [-0.39, 0.29) is 0 Å². The maximum atomic E-state index is 13.3. The fourth-order valence-electron chi connectivity index (χ4n) is 3.91. The molecule has 29 heavy (non-hydrogen) atoms. The fourth-order valence-corrected chi connectivity index (χ4v) is 4.30. The topological polar surface area (TPSA) is 36.3 Å². The molecule has 0 aromatic heterocycles. The molecule has 0 radical (unpaired) electrons. The highest BCUT2D eigenvalue weighted by Crippen LogP contribution is 2.31. The first-order valence-corrected chi connectivity index (χ1v) is 11.5. The van der Waals surface area contributed by atoms with Gasteiger partial charge in [0.2, 0.25) is 0 Å².